The third-order valence-corrected chi connectivity index (χ3v) is 3.03. The van der Waals surface area contributed by atoms with E-state index in [2.05, 4.69) is 10.6 Å². The van der Waals surface area contributed by atoms with E-state index in [9.17, 15) is 4.79 Å². The van der Waals surface area contributed by atoms with E-state index >= 15 is 0 Å². The third-order valence-electron chi connectivity index (χ3n) is 2.74. The van der Waals surface area contributed by atoms with Crippen molar-refractivity contribution >= 4 is 17.5 Å². The molecular formula is C15H23ClN2O3. The van der Waals surface area contributed by atoms with Crippen LogP contribution in [-0.2, 0) is 16.1 Å². The van der Waals surface area contributed by atoms with E-state index in [1.165, 1.54) is 0 Å². The number of methoxy groups -OCH3 is 1. The van der Waals surface area contributed by atoms with Crippen molar-refractivity contribution < 1.29 is 14.3 Å². The first-order valence-electron chi connectivity index (χ1n) is 7.05. The predicted octanol–water partition coefficient (Wildman–Crippen LogP) is 1.98. The molecular weight excluding hydrogens is 292 g/mol. The fraction of sp³-hybridized carbons (Fsp3) is 0.533. The number of ether oxygens (including phenoxy) is 2. The number of carbonyl (C=O) groups excluding carboxylic acids is 1. The lowest BCUT2D eigenvalue weighted by atomic mass is 10.2. The van der Waals surface area contributed by atoms with Crippen molar-refractivity contribution in [3.63, 3.8) is 0 Å². The van der Waals surface area contributed by atoms with Crippen molar-refractivity contribution in [2.45, 2.75) is 19.9 Å². The van der Waals surface area contributed by atoms with Gasteiger partial charge in [-0.2, -0.15) is 0 Å². The Morgan fingerprint density at radius 2 is 2.14 bits per heavy atom. The summed E-state index contributed by atoms with van der Waals surface area (Å²) in [6.45, 7) is 4.79. The Hall–Kier alpha value is -1.30. The monoisotopic (exact) mass is 314 g/mol. The van der Waals surface area contributed by atoms with Crippen LogP contribution in [0.3, 0.4) is 0 Å². The van der Waals surface area contributed by atoms with Crippen LogP contribution in [0.4, 0.5) is 0 Å². The number of amides is 1. The fourth-order valence-corrected chi connectivity index (χ4v) is 1.89. The maximum absolute atomic E-state index is 11.5. The lowest BCUT2D eigenvalue weighted by Crippen LogP contribution is -2.29. The number of carbonyl (C=O) groups is 1. The third kappa shape index (κ3) is 7.32. The molecule has 0 saturated heterocycles. The maximum Gasteiger partial charge on any atom is 0.257 e. The molecule has 0 bridgehead atoms. The first kappa shape index (κ1) is 17.8. The smallest absolute Gasteiger partial charge is 0.257 e. The normalized spacial score (nSPS) is 10.4. The summed E-state index contributed by atoms with van der Waals surface area (Å²) in [5, 5.41) is 6.48. The molecule has 0 aromatic heterocycles. The highest BCUT2D eigenvalue weighted by molar-refractivity contribution is 6.32. The maximum atomic E-state index is 11.5. The molecule has 0 aliphatic carbocycles. The summed E-state index contributed by atoms with van der Waals surface area (Å²) in [6.07, 6.45) is 0.900. The minimum absolute atomic E-state index is 0.0227. The van der Waals surface area contributed by atoms with Gasteiger partial charge in [0.25, 0.3) is 5.91 Å². The molecule has 0 unspecified atom stereocenters. The fourth-order valence-electron chi connectivity index (χ4n) is 1.64. The molecule has 118 valence electrons. The summed E-state index contributed by atoms with van der Waals surface area (Å²) in [6, 6.07) is 5.54. The second-order valence-electron chi connectivity index (χ2n) is 4.57. The average molecular weight is 315 g/mol. The van der Waals surface area contributed by atoms with Crippen molar-refractivity contribution in [1.82, 2.24) is 10.6 Å². The van der Waals surface area contributed by atoms with Crippen LogP contribution in [-0.4, -0.2) is 39.3 Å². The van der Waals surface area contributed by atoms with Gasteiger partial charge in [-0.25, -0.2) is 0 Å². The zero-order chi connectivity index (χ0) is 15.5. The van der Waals surface area contributed by atoms with Crippen LogP contribution >= 0.6 is 11.6 Å². The topological polar surface area (TPSA) is 59.6 Å². The van der Waals surface area contributed by atoms with Gasteiger partial charge in [-0.05, 0) is 24.1 Å². The summed E-state index contributed by atoms with van der Waals surface area (Å²) in [5.74, 6) is 0.377. The van der Waals surface area contributed by atoms with Crippen molar-refractivity contribution in [2.75, 3.05) is 33.4 Å². The zero-order valence-corrected chi connectivity index (χ0v) is 13.3. The number of hydrogen-bond acceptors (Lipinski definition) is 4. The predicted molar refractivity (Wildman–Crippen MR) is 83.8 cm³/mol. The molecule has 0 aliphatic rings. The van der Waals surface area contributed by atoms with Crippen molar-refractivity contribution in [2.24, 2.45) is 0 Å². The van der Waals surface area contributed by atoms with Crippen LogP contribution in [0.5, 0.6) is 5.75 Å². The molecule has 1 aromatic carbocycles. The van der Waals surface area contributed by atoms with E-state index in [0.717, 1.165) is 18.5 Å². The highest BCUT2D eigenvalue weighted by Gasteiger charge is 2.06. The Balaban J connectivity index is 2.41. The number of benzene rings is 1. The van der Waals surface area contributed by atoms with Crippen LogP contribution in [0.1, 0.15) is 18.9 Å². The number of halogens is 1. The van der Waals surface area contributed by atoms with E-state index in [4.69, 9.17) is 21.1 Å². The summed E-state index contributed by atoms with van der Waals surface area (Å²) in [4.78, 5) is 11.5. The number of hydrogen-bond donors (Lipinski definition) is 2. The van der Waals surface area contributed by atoms with Crippen LogP contribution in [0, 0.1) is 0 Å². The van der Waals surface area contributed by atoms with Crippen molar-refractivity contribution in [3.8, 4) is 5.75 Å². The molecule has 0 fully saturated rings. The van der Waals surface area contributed by atoms with Gasteiger partial charge in [0, 0.05) is 26.7 Å². The molecule has 1 amide bonds. The molecule has 0 heterocycles. The SMILES string of the molecule is CCCNC(=O)COc1ccc(CNCCOC)cc1Cl. The Labute approximate surface area is 131 Å². The van der Waals surface area contributed by atoms with E-state index in [1.807, 2.05) is 19.1 Å². The van der Waals surface area contributed by atoms with Gasteiger partial charge in [0.1, 0.15) is 5.75 Å². The first-order chi connectivity index (χ1) is 10.2. The van der Waals surface area contributed by atoms with Gasteiger partial charge in [-0.15, -0.1) is 0 Å². The van der Waals surface area contributed by atoms with E-state index in [0.29, 0.717) is 30.5 Å². The molecule has 2 N–H and O–H groups in total. The Bertz CT molecular complexity index is 441. The van der Waals surface area contributed by atoms with Crippen molar-refractivity contribution in [3.05, 3.63) is 28.8 Å². The highest BCUT2D eigenvalue weighted by Crippen LogP contribution is 2.25. The Morgan fingerprint density at radius 1 is 1.33 bits per heavy atom. The average Bonchev–Trinajstić information content (AvgIpc) is 2.48. The quantitative estimate of drug-likeness (QED) is 0.648. The molecule has 0 saturated carbocycles. The van der Waals surface area contributed by atoms with Crippen molar-refractivity contribution in [1.29, 1.82) is 0 Å². The second kappa shape index (κ2) is 10.4. The van der Waals surface area contributed by atoms with E-state index in [-0.39, 0.29) is 12.5 Å². The number of rotatable bonds is 10. The largest absolute Gasteiger partial charge is 0.482 e. The zero-order valence-electron chi connectivity index (χ0n) is 12.6. The highest BCUT2D eigenvalue weighted by atomic mass is 35.5. The van der Waals surface area contributed by atoms with Gasteiger partial charge < -0.3 is 20.1 Å². The molecule has 1 aromatic rings. The van der Waals surface area contributed by atoms with E-state index in [1.54, 1.807) is 13.2 Å². The molecule has 0 radical (unpaired) electrons. The van der Waals surface area contributed by atoms with Crippen LogP contribution in [0.15, 0.2) is 18.2 Å². The van der Waals surface area contributed by atoms with Gasteiger partial charge in [0.2, 0.25) is 0 Å². The van der Waals surface area contributed by atoms with Crippen LogP contribution < -0.4 is 15.4 Å². The first-order valence-corrected chi connectivity index (χ1v) is 7.42. The van der Waals surface area contributed by atoms with E-state index < -0.39 is 0 Å². The molecule has 0 aliphatic heterocycles. The molecule has 1 rings (SSSR count). The molecule has 0 atom stereocenters. The summed E-state index contributed by atoms with van der Waals surface area (Å²) < 4.78 is 10.4. The Morgan fingerprint density at radius 3 is 2.81 bits per heavy atom. The molecule has 0 spiro atoms. The molecule has 5 nitrogen and oxygen atoms in total. The summed E-state index contributed by atoms with van der Waals surface area (Å²) in [7, 11) is 1.67. The van der Waals surface area contributed by atoms with Gasteiger partial charge in [0.05, 0.1) is 11.6 Å². The standard InChI is InChI=1S/C15H23ClN2O3/c1-3-6-18-15(19)11-21-14-5-4-12(9-13(14)16)10-17-7-8-20-2/h4-5,9,17H,3,6-8,10-11H2,1-2H3,(H,18,19). The minimum Gasteiger partial charge on any atom is -0.482 e. The van der Waals surface area contributed by atoms with Crippen LogP contribution in [0.25, 0.3) is 0 Å². The van der Waals surface area contributed by atoms with Gasteiger partial charge in [0.15, 0.2) is 6.61 Å². The van der Waals surface area contributed by atoms with Crippen LogP contribution in [0.2, 0.25) is 5.02 Å². The Kier molecular flexibility index (Phi) is 8.82. The minimum atomic E-state index is -0.141. The molecule has 6 heteroatoms. The second-order valence-corrected chi connectivity index (χ2v) is 4.98. The van der Waals surface area contributed by atoms with Gasteiger partial charge in [-0.3, -0.25) is 4.79 Å². The summed E-state index contributed by atoms with van der Waals surface area (Å²) in [5.41, 5.74) is 1.05. The van der Waals surface area contributed by atoms with Gasteiger partial charge in [-0.1, -0.05) is 24.6 Å². The summed E-state index contributed by atoms with van der Waals surface area (Å²) >= 11 is 6.15. The van der Waals surface area contributed by atoms with Gasteiger partial charge >= 0.3 is 0 Å². The lowest BCUT2D eigenvalue weighted by molar-refractivity contribution is -0.123. The number of nitrogens with one attached hydrogen (secondary N) is 2. The lowest BCUT2D eigenvalue weighted by Gasteiger charge is -2.10. The molecule has 21 heavy (non-hydrogen) atoms.